The maximum absolute atomic E-state index is 14.6. The van der Waals surface area contributed by atoms with Crippen molar-refractivity contribution in [2.45, 2.75) is 37.3 Å². The molecule has 3 rings (SSSR count). The van der Waals surface area contributed by atoms with Gasteiger partial charge in [0.15, 0.2) is 5.78 Å². The summed E-state index contributed by atoms with van der Waals surface area (Å²) in [5, 5.41) is 27.9. The van der Waals surface area contributed by atoms with E-state index in [0.29, 0.717) is 6.07 Å². The third-order valence-corrected chi connectivity index (χ3v) is 5.43. The quantitative estimate of drug-likeness (QED) is 0.319. The normalized spacial score (nSPS) is 15.5. The Morgan fingerprint density at radius 1 is 1.15 bits per heavy atom. The Hall–Kier alpha value is -3.22. The number of nitrogens with one attached hydrogen (secondary N) is 1. The molecule has 0 radical (unpaired) electrons. The molecule has 0 amide bonds. The van der Waals surface area contributed by atoms with E-state index in [-0.39, 0.29) is 17.7 Å². The Bertz CT molecular complexity index is 1120. The Morgan fingerprint density at radius 3 is 2.35 bits per heavy atom. The number of aliphatic hydroxyl groups is 2. The number of halogens is 5. The fourth-order valence-corrected chi connectivity index (χ4v) is 3.53. The number of carbonyl (C=O) groups excluding carboxylic acids is 1. The second kappa shape index (κ2) is 9.95. The Kier molecular flexibility index (Phi) is 7.44. The van der Waals surface area contributed by atoms with Crippen LogP contribution < -0.4 is 5.32 Å². The molecule has 0 aliphatic rings. The van der Waals surface area contributed by atoms with Crippen LogP contribution in [0.4, 0.5) is 22.0 Å². The third-order valence-electron chi connectivity index (χ3n) is 5.43. The second-order valence-corrected chi connectivity index (χ2v) is 7.70. The van der Waals surface area contributed by atoms with Crippen molar-refractivity contribution in [3.05, 3.63) is 83.4 Å². The smallest absolute Gasteiger partial charge is 0.394 e. The van der Waals surface area contributed by atoms with Gasteiger partial charge in [0.2, 0.25) is 0 Å². The zero-order valence-electron chi connectivity index (χ0n) is 17.8. The minimum absolute atomic E-state index is 0.112. The summed E-state index contributed by atoms with van der Waals surface area (Å²) in [7, 11) is 0. The van der Waals surface area contributed by atoms with Gasteiger partial charge in [-0.1, -0.05) is 18.2 Å². The van der Waals surface area contributed by atoms with Crippen molar-refractivity contribution in [1.82, 2.24) is 20.1 Å². The van der Waals surface area contributed by atoms with E-state index in [1.807, 2.05) is 0 Å². The summed E-state index contributed by atoms with van der Waals surface area (Å²) in [5.74, 6) is -2.66. The van der Waals surface area contributed by atoms with E-state index >= 15 is 0 Å². The van der Waals surface area contributed by atoms with Gasteiger partial charge in [0.25, 0.3) is 0 Å². The van der Waals surface area contributed by atoms with Crippen LogP contribution in [0.15, 0.2) is 55.1 Å². The molecule has 0 fully saturated rings. The highest BCUT2D eigenvalue weighted by atomic mass is 19.4. The summed E-state index contributed by atoms with van der Waals surface area (Å²) >= 11 is 0. The van der Waals surface area contributed by atoms with E-state index in [4.69, 9.17) is 0 Å². The molecule has 0 aliphatic carbocycles. The predicted octanol–water partition coefficient (Wildman–Crippen LogP) is 2.68. The molecule has 3 aromatic rings. The van der Waals surface area contributed by atoms with E-state index < -0.39 is 53.4 Å². The van der Waals surface area contributed by atoms with Gasteiger partial charge in [-0.15, -0.1) is 0 Å². The van der Waals surface area contributed by atoms with E-state index in [1.54, 1.807) is 0 Å². The van der Waals surface area contributed by atoms with Gasteiger partial charge >= 0.3 is 6.18 Å². The molecule has 0 aliphatic heterocycles. The highest BCUT2D eigenvalue weighted by Crippen LogP contribution is 2.31. The maximum Gasteiger partial charge on any atom is 0.416 e. The Labute approximate surface area is 190 Å². The van der Waals surface area contributed by atoms with Crippen molar-refractivity contribution in [3.8, 4) is 0 Å². The van der Waals surface area contributed by atoms with E-state index in [0.717, 1.165) is 36.4 Å². The number of alkyl halides is 3. The van der Waals surface area contributed by atoms with Gasteiger partial charge in [-0.25, -0.2) is 18.4 Å². The molecule has 12 heteroatoms. The van der Waals surface area contributed by atoms with Crippen LogP contribution >= 0.6 is 0 Å². The van der Waals surface area contributed by atoms with Crippen LogP contribution in [-0.4, -0.2) is 49.5 Å². The molecule has 0 saturated carbocycles. The standard InChI is InChI=1S/C22H21F5N4O3/c1-13(30-19(9-32)20(33)14-2-4-15(5-3-14)22(25,26)27)21(34,10-31-12-28-11-29-31)17-7-6-16(23)8-18(17)24/h2-8,11-13,19,30,32,34H,9-10H2,1H3/t13-,19-,21-/m1/s1. The first kappa shape index (κ1) is 25.4. The van der Waals surface area contributed by atoms with Crippen molar-refractivity contribution >= 4 is 5.78 Å². The summed E-state index contributed by atoms with van der Waals surface area (Å²) in [6, 6.07) is 3.53. The predicted molar refractivity (Wildman–Crippen MR) is 110 cm³/mol. The van der Waals surface area contributed by atoms with Crippen LogP contribution in [-0.2, 0) is 18.3 Å². The summed E-state index contributed by atoms with van der Waals surface area (Å²) in [5.41, 5.74) is -3.46. The first-order chi connectivity index (χ1) is 16.0. The van der Waals surface area contributed by atoms with Crippen LogP contribution in [0.2, 0.25) is 0 Å². The Balaban J connectivity index is 1.89. The molecule has 34 heavy (non-hydrogen) atoms. The van der Waals surface area contributed by atoms with Crippen molar-refractivity contribution in [3.63, 3.8) is 0 Å². The molecule has 1 aromatic heterocycles. The average molecular weight is 484 g/mol. The van der Waals surface area contributed by atoms with E-state index in [9.17, 15) is 37.0 Å². The van der Waals surface area contributed by atoms with Crippen LogP contribution in [0.25, 0.3) is 0 Å². The molecule has 2 aromatic carbocycles. The lowest BCUT2D eigenvalue weighted by Gasteiger charge is -2.37. The zero-order valence-corrected chi connectivity index (χ0v) is 17.8. The first-order valence-electron chi connectivity index (χ1n) is 10.0. The SMILES string of the molecule is C[C@@H](N[C@H](CO)C(=O)c1ccc(C(F)(F)F)cc1)[C@](O)(Cn1cncn1)c1ccc(F)cc1F. The number of ketones is 1. The lowest BCUT2D eigenvalue weighted by atomic mass is 9.85. The fourth-order valence-electron chi connectivity index (χ4n) is 3.53. The minimum atomic E-state index is -4.58. The molecule has 3 atom stereocenters. The lowest BCUT2D eigenvalue weighted by molar-refractivity contribution is -0.137. The van der Waals surface area contributed by atoms with Crippen LogP contribution in [0.3, 0.4) is 0 Å². The maximum atomic E-state index is 14.6. The largest absolute Gasteiger partial charge is 0.416 e. The third kappa shape index (κ3) is 5.46. The molecule has 0 bridgehead atoms. The minimum Gasteiger partial charge on any atom is -0.394 e. The van der Waals surface area contributed by atoms with Crippen LogP contribution in [0, 0.1) is 11.6 Å². The van der Waals surface area contributed by atoms with Crippen molar-refractivity contribution in [1.29, 1.82) is 0 Å². The number of nitrogens with zero attached hydrogens (tertiary/aromatic N) is 3. The summed E-state index contributed by atoms with van der Waals surface area (Å²) in [6.45, 7) is 0.286. The molecule has 0 spiro atoms. The molecule has 0 saturated heterocycles. The van der Waals surface area contributed by atoms with Crippen molar-refractivity contribution < 1.29 is 37.0 Å². The van der Waals surface area contributed by atoms with Gasteiger partial charge in [-0.2, -0.15) is 18.3 Å². The highest BCUT2D eigenvalue weighted by Gasteiger charge is 2.41. The summed E-state index contributed by atoms with van der Waals surface area (Å²) in [4.78, 5) is 16.6. The van der Waals surface area contributed by atoms with Crippen molar-refractivity contribution in [2.75, 3.05) is 6.61 Å². The summed E-state index contributed by atoms with van der Waals surface area (Å²) < 4.78 is 67.7. The number of aromatic nitrogens is 3. The number of Topliss-reactive ketones (excluding diaryl/α,β-unsaturated/α-hetero) is 1. The van der Waals surface area contributed by atoms with E-state index in [2.05, 4.69) is 15.4 Å². The van der Waals surface area contributed by atoms with Gasteiger partial charge in [-0.05, 0) is 25.1 Å². The number of benzene rings is 2. The van der Waals surface area contributed by atoms with Crippen LogP contribution in [0.5, 0.6) is 0 Å². The highest BCUT2D eigenvalue weighted by molar-refractivity contribution is 6.00. The molecular formula is C22H21F5N4O3. The molecule has 0 unspecified atom stereocenters. The number of hydrogen-bond donors (Lipinski definition) is 3. The first-order valence-corrected chi connectivity index (χ1v) is 10.0. The lowest BCUT2D eigenvalue weighted by Crippen LogP contribution is -2.55. The van der Waals surface area contributed by atoms with Crippen LogP contribution in [0.1, 0.15) is 28.4 Å². The van der Waals surface area contributed by atoms with Gasteiger partial charge in [0.05, 0.1) is 24.8 Å². The van der Waals surface area contributed by atoms with Gasteiger partial charge in [-0.3, -0.25) is 10.1 Å². The number of carbonyl (C=O) groups is 1. The fraction of sp³-hybridized carbons (Fsp3) is 0.318. The van der Waals surface area contributed by atoms with Gasteiger partial charge in [0.1, 0.15) is 29.9 Å². The summed E-state index contributed by atoms with van der Waals surface area (Å²) in [6.07, 6.45) is -2.14. The molecule has 182 valence electrons. The molecule has 1 heterocycles. The topological polar surface area (TPSA) is 100 Å². The monoisotopic (exact) mass is 484 g/mol. The molecule has 3 N–H and O–H groups in total. The Morgan fingerprint density at radius 2 is 1.82 bits per heavy atom. The zero-order chi connectivity index (χ0) is 25.1. The second-order valence-electron chi connectivity index (χ2n) is 7.70. The number of hydrogen-bond acceptors (Lipinski definition) is 6. The molecular weight excluding hydrogens is 463 g/mol. The average Bonchev–Trinajstić information content (AvgIpc) is 3.29. The van der Waals surface area contributed by atoms with Crippen molar-refractivity contribution in [2.24, 2.45) is 0 Å². The molecule has 7 nitrogen and oxygen atoms in total. The number of aliphatic hydroxyl groups excluding tert-OH is 1. The van der Waals surface area contributed by atoms with Gasteiger partial charge in [0, 0.05) is 23.2 Å². The van der Waals surface area contributed by atoms with E-state index in [1.165, 1.54) is 24.3 Å². The van der Waals surface area contributed by atoms with Gasteiger partial charge < -0.3 is 10.2 Å². The number of rotatable bonds is 9.